The minimum Gasteiger partial charge on any atom is -0.496 e. The number of carboxylic acid groups (broad SMARTS) is 1. The molecule has 0 fully saturated rings. The third-order valence-electron chi connectivity index (χ3n) is 1.87. The number of benzene rings is 1. The van der Waals surface area contributed by atoms with Crippen molar-refractivity contribution in [2.45, 2.75) is 0 Å². The van der Waals surface area contributed by atoms with Crippen LogP contribution in [0.5, 0.6) is 5.75 Å². The molecule has 0 amide bonds. The zero-order valence-electron chi connectivity index (χ0n) is 8.30. The summed E-state index contributed by atoms with van der Waals surface area (Å²) in [6.07, 6.45) is 3.25. The fraction of sp³-hybridized carbons (Fsp3) is 0.182. The van der Waals surface area contributed by atoms with E-state index in [0.717, 1.165) is 5.56 Å². The number of aliphatic hydroxyl groups is 1. The zero-order chi connectivity index (χ0) is 11.3. The summed E-state index contributed by atoms with van der Waals surface area (Å²) in [5, 5.41) is 17.4. The number of aromatic carboxylic acids is 1. The molecule has 0 spiro atoms. The molecule has 0 atom stereocenters. The van der Waals surface area contributed by atoms with Crippen molar-refractivity contribution in [1.82, 2.24) is 0 Å². The van der Waals surface area contributed by atoms with Gasteiger partial charge in [-0.15, -0.1) is 0 Å². The molecule has 0 aliphatic heterocycles. The molecule has 80 valence electrons. The van der Waals surface area contributed by atoms with E-state index in [-0.39, 0.29) is 12.2 Å². The Labute approximate surface area is 87.4 Å². The quantitative estimate of drug-likeness (QED) is 0.784. The van der Waals surface area contributed by atoms with Gasteiger partial charge >= 0.3 is 5.97 Å². The van der Waals surface area contributed by atoms with Crippen molar-refractivity contribution in [1.29, 1.82) is 0 Å². The Hall–Kier alpha value is -1.81. The lowest BCUT2D eigenvalue weighted by molar-refractivity contribution is 0.0693. The predicted octanol–water partition coefficient (Wildman–Crippen LogP) is 1.40. The number of hydrogen-bond donors (Lipinski definition) is 2. The Morgan fingerprint density at radius 1 is 1.53 bits per heavy atom. The maximum Gasteiger partial charge on any atom is 0.339 e. The van der Waals surface area contributed by atoms with Gasteiger partial charge in [-0.2, -0.15) is 0 Å². The molecular formula is C11H12O4. The number of rotatable bonds is 4. The highest BCUT2D eigenvalue weighted by atomic mass is 16.5. The van der Waals surface area contributed by atoms with Gasteiger partial charge in [-0.25, -0.2) is 4.79 Å². The van der Waals surface area contributed by atoms with Crippen molar-refractivity contribution in [2.24, 2.45) is 0 Å². The summed E-state index contributed by atoms with van der Waals surface area (Å²) < 4.78 is 4.95. The highest BCUT2D eigenvalue weighted by Gasteiger charge is 2.09. The maximum absolute atomic E-state index is 10.8. The maximum atomic E-state index is 10.8. The first-order valence-corrected chi connectivity index (χ1v) is 4.37. The molecule has 4 heteroatoms. The van der Waals surface area contributed by atoms with Gasteiger partial charge in [0.1, 0.15) is 11.3 Å². The normalized spacial score (nSPS) is 10.5. The number of aliphatic hydroxyl groups excluding tert-OH is 1. The monoisotopic (exact) mass is 208 g/mol. The van der Waals surface area contributed by atoms with Gasteiger partial charge < -0.3 is 14.9 Å². The lowest BCUT2D eigenvalue weighted by Gasteiger charge is -2.05. The second-order valence-electron chi connectivity index (χ2n) is 2.85. The fourth-order valence-corrected chi connectivity index (χ4v) is 1.18. The summed E-state index contributed by atoms with van der Waals surface area (Å²) in [4.78, 5) is 10.8. The molecule has 1 aromatic rings. The molecule has 15 heavy (non-hydrogen) atoms. The Morgan fingerprint density at radius 3 is 2.80 bits per heavy atom. The van der Waals surface area contributed by atoms with Gasteiger partial charge in [0.15, 0.2) is 0 Å². The van der Waals surface area contributed by atoms with Crippen LogP contribution < -0.4 is 4.74 Å². The van der Waals surface area contributed by atoms with Crippen LogP contribution in [0.25, 0.3) is 6.08 Å². The molecule has 1 aromatic carbocycles. The van der Waals surface area contributed by atoms with Crippen LogP contribution in [-0.2, 0) is 0 Å². The highest BCUT2D eigenvalue weighted by Crippen LogP contribution is 2.20. The average molecular weight is 208 g/mol. The molecule has 1 rings (SSSR count). The van der Waals surface area contributed by atoms with Crippen LogP contribution in [0.3, 0.4) is 0 Å². The van der Waals surface area contributed by atoms with Gasteiger partial charge in [-0.3, -0.25) is 0 Å². The molecule has 0 saturated carbocycles. The fourth-order valence-electron chi connectivity index (χ4n) is 1.18. The van der Waals surface area contributed by atoms with Crippen LogP contribution in [0, 0.1) is 0 Å². The first kappa shape index (κ1) is 11.3. The van der Waals surface area contributed by atoms with Crippen molar-refractivity contribution >= 4 is 12.0 Å². The summed E-state index contributed by atoms with van der Waals surface area (Å²) in [7, 11) is 1.42. The van der Waals surface area contributed by atoms with Gasteiger partial charge in [-0.05, 0) is 17.7 Å². The van der Waals surface area contributed by atoms with E-state index < -0.39 is 5.97 Å². The molecule has 0 bridgehead atoms. The zero-order valence-corrected chi connectivity index (χ0v) is 8.30. The van der Waals surface area contributed by atoms with E-state index in [1.165, 1.54) is 13.2 Å². The van der Waals surface area contributed by atoms with Gasteiger partial charge in [0.05, 0.1) is 13.7 Å². The van der Waals surface area contributed by atoms with Crippen molar-refractivity contribution in [3.05, 3.63) is 35.4 Å². The van der Waals surface area contributed by atoms with E-state index in [2.05, 4.69) is 0 Å². The predicted molar refractivity (Wildman–Crippen MR) is 56.1 cm³/mol. The first-order chi connectivity index (χ1) is 7.19. The van der Waals surface area contributed by atoms with E-state index in [9.17, 15) is 4.79 Å². The number of carbonyl (C=O) groups is 1. The van der Waals surface area contributed by atoms with E-state index in [1.54, 1.807) is 24.3 Å². The van der Waals surface area contributed by atoms with Crippen LogP contribution in [-0.4, -0.2) is 29.9 Å². The topological polar surface area (TPSA) is 66.8 Å². The summed E-state index contributed by atoms with van der Waals surface area (Å²) in [6.45, 7) is -0.0526. The van der Waals surface area contributed by atoms with Crippen molar-refractivity contribution in [2.75, 3.05) is 13.7 Å². The largest absolute Gasteiger partial charge is 0.496 e. The summed E-state index contributed by atoms with van der Waals surface area (Å²) >= 11 is 0. The molecule has 0 aromatic heterocycles. The second-order valence-corrected chi connectivity index (χ2v) is 2.85. The summed E-state index contributed by atoms with van der Waals surface area (Å²) in [5.41, 5.74) is 0.907. The second kappa shape index (κ2) is 5.17. The van der Waals surface area contributed by atoms with E-state index >= 15 is 0 Å². The van der Waals surface area contributed by atoms with Crippen LogP contribution in [0.15, 0.2) is 24.3 Å². The van der Waals surface area contributed by atoms with Crippen molar-refractivity contribution < 1.29 is 19.7 Å². The van der Waals surface area contributed by atoms with Crippen molar-refractivity contribution in [3.8, 4) is 5.75 Å². The summed E-state index contributed by atoms with van der Waals surface area (Å²) in [6, 6.07) is 4.73. The lowest BCUT2D eigenvalue weighted by Crippen LogP contribution is -2.00. The van der Waals surface area contributed by atoms with Gasteiger partial charge in [0.25, 0.3) is 0 Å². The summed E-state index contributed by atoms with van der Waals surface area (Å²) in [5.74, 6) is -0.716. The molecule has 0 saturated heterocycles. The minimum atomic E-state index is -1.02. The molecule has 0 aliphatic carbocycles. The van der Waals surface area contributed by atoms with Gasteiger partial charge in [-0.1, -0.05) is 18.2 Å². The Balaban J connectivity index is 3.07. The first-order valence-electron chi connectivity index (χ1n) is 4.37. The van der Waals surface area contributed by atoms with Gasteiger partial charge in [0, 0.05) is 0 Å². The standard InChI is InChI=1S/C11H12O4/c1-15-10-7-8(3-2-6-12)4-5-9(10)11(13)14/h2-5,7,12H,6H2,1H3,(H,13,14). The molecule has 0 unspecified atom stereocenters. The number of carboxylic acids is 1. The highest BCUT2D eigenvalue weighted by molar-refractivity contribution is 5.91. The SMILES string of the molecule is COc1cc(C=CCO)ccc1C(=O)O. The molecule has 0 aliphatic rings. The number of methoxy groups -OCH3 is 1. The smallest absolute Gasteiger partial charge is 0.339 e. The number of ether oxygens (including phenoxy) is 1. The lowest BCUT2D eigenvalue weighted by atomic mass is 10.1. The Kier molecular flexibility index (Phi) is 3.88. The van der Waals surface area contributed by atoms with Gasteiger partial charge in [0.2, 0.25) is 0 Å². The molecule has 0 radical (unpaired) electrons. The average Bonchev–Trinajstić information content (AvgIpc) is 2.25. The minimum absolute atomic E-state index is 0.0526. The molecular weight excluding hydrogens is 196 g/mol. The molecule has 4 nitrogen and oxygen atoms in total. The van der Waals surface area contributed by atoms with Crippen LogP contribution >= 0.6 is 0 Å². The Morgan fingerprint density at radius 2 is 2.27 bits per heavy atom. The van der Waals surface area contributed by atoms with E-state index in [4.69, 9.17) is 14.9 Å². The van der Waals surface area contributed by atoms with Crippen LogP contribution in [0.2, 0.25) is 0 Å². The van der Waals surface area contributed by atoms with Crippen LogP contribution in [0.4, 0.5) is 0 Å². The third kappa shape index (κ3) is 2.82. The van der Waals surface area contributed by atoms with E-state index in [1.807, 2.05) is 0 Å². The number of hydrogen-bond acceptors (Lipinski definition) is 3. The third-order valence-corrected chi connectivity index (χ3v) is 1.87. The Bertz CT molecular complexity index is 382. The van der Waals surface area contributed by atoms with E-state index in [0.29, 0.717) is 5.75 Å². The molecule has 0 heterocycles. The molecule has 2 N–H and O–H groups in total. The van der Waals surface area contributed by atoms with Crippen LogP contribution in [0.1, 0.15) is 15.9 Å². The van der Waals surface area contributed by atoms with Crippen molar-refractivity contribution in [3.63, 3.8) is 0 Å².